The van der Waals surface area contributed by atoms with Crippen LogP contribution in [0.4, 0.5) is 0 Å². The second-order valence-corrected chi connectivity index (χ2v) is 9.24. The summed E-state index contributed by atoms with van der Waals surface area (Å²) in [5, 5.41) is 0. The molecule has 0 aliphatic carbocycles. The minimum atomic E-state index is -4.23. The Labute approximate surface area is 204 Å². The van der Waals surface area contributed by atoms with Gasteiger partial charge in [0.15, 0.2) is 11.5 Å². The minimum absolute atomic E-state index is 0. The number of ether oxygens (including phenoxy) is 1. The molecular weight excluding hydrogens is 478 g/mol. The van der Waals surface area contributed by atoms with E-state index in [1.54, 1.807) is 31.3 Å². The van der Waals surface area contributed by atoms with Crippen LogP contribution in [0.5, 0.6) is 5.75 Å². The zero-order valence-electron chi connectivity index (χ0n) is 18.5. The van der Waals surface area contributed by atoms with E-state index in [4.69, 9.17) is 10.5 Å². The fourth-order valence-corrected chi connectivity index (χ4v) is 4.61. The van der Waals surface area contributed by atoms with Crippen molar-refractivity contribution in [1.29, 1.82) is 0 Å². The van der Waals surface area contributed by atoms with E-state index in [9.17, 15) is 17.8 Å². The Balaban J connectivity index is 0.00000324. The second kappa shape index (κ2) is 9.46. The summed E-state index contributed by atoms with van der Waals surface area (Å²) in [5.41, 5.74) is 7.74. The summed E-state index contributed by atoms with van der Waals surface area (Å²) in [4.78, 5) is 19.3. The predicted molar refractivity (Wildman–Crippen MR) is 133 cm³/mol. The molecular formula is C24H24ClN3O5S. The lowest BCUT2D eigenvalue weighted by Crippen LogP contribution is -2.41. The van der Waals surface area contributed by atoms with Gasteiger partial charge in [-0.25, -0.2) is 4.99 Å². The van der Waals surface area contributed by atoms with Crippen molar-refractivity contribution in [2.75, 3.05) is 14.2 Å². The molecule has 8 nitrogen and oxygen atoms in total. The Hall–Kier alpha value is -3.40. The van der Waals surface area contributed by atoms with Crippen LogP contribution in [0.1, 0.15) is 16.7 Å². The number of benzene rings is 3. The van der Waals surface area contributed by atoms with Crippen LogP contribution < -0.4 is 10.5 Å². The summed E-state index contributed by atoms with van der Waals surface area (Å²) < 4.78 is 37.4. The summed E-state index contributed by atoms with van der Waals surface area (Å²) >= 11 is 0. The number of rotatable bonds is 6. The fourth-order valence-electron chi connectivity index (χ4n) is 4.03. The average molecular weight is 502 g/mol. The van der Waals surface area contributed by atoms with Crippen LogP contribution in [0.2, 0.25) is 0 Å². The van der Waals surface area contributed by atoms with Crippen LogP contribution in [0.25, 0.3) is 11.1 Å². The highest BCUT2D eigenvalue weighted by atomic mass is 35.5. The Morgan fingerprint density at radius 2 is 1.68 bits per heavy atom. The first-order valence-electron chi connectivity index (χ1n) is 10.1. The van der Waals surface area contributed by atoms with E-state index in [1.165, 1.54) is 12.0 Å². The lowest BCUT2D eigenvalue weighted by molar-refractivity contribution is -0.129. The third-order valence-electron chi connectivity index (χ3n) is 5.60. The number of nitrogens with zero attached hydrogens (tertiary/aromatic N) is 2. The SMILES string of the molecule is COc1cc(CS(=O)(=O)O)cc(-c2cccc([C@@]3(c4ccccc4)N=C(N)N(C)C3=O)c2)c1.Cl. The van der Waals surface area contributed by atoms with Crippen molar-refractivity contribution >= 4 is 34.4 Å². The topological polar surface area (TPSA) is 122 Å². The van der Waals surface area contributed by atoms with Crippen molar-refractivity contribution in [3.8, 4) is 16.9 Å². The van der Waals surface area contributed by atoms with Crippen molar-refractivity contribution in [3.63, 3.8) is 0 Å². The number of aliphatic imine (C=N–C) groups is 1. The van der Waals surface area contributed by atoms with Crippen LogP contribution in [0, 0.1) is 0 Å². The Morgan fingerprint density at radius 1 is 1.00 bits per heavy atom. The normalized spacial score (nSPS) is 17.8. The average Bonchev–Trinajstić information content (AvgIpc) is 3.03. The second-order valence-electron chi connectivity index (χ2n) is 7.79. The fraction of sp³-hybridized carbons (Fsp3) is 0.167. The van der Waals surface area contributed by atoms with Crippen LogP contribution >= 0.6 is 12.4 Å². The van der Waals surface area contributed by atoms with Gasteiger partial charge in [0.1, 0.15) is 11.5 Å². The van der Waals surface area contributed by atoms with E-state index in [0.29, 0.717) is 28.0 Å². The summed E-state index contributed by atoms with van der Waals surface area (Å²) in [6.07, 6.45) is 0. The molecule has 1 heterocycles. The number of likely N-dealkylation sites (N-methyl/N-ethyl adjacent to an activating group) is 1. The largest absolute Gasteiger partial charge is 0.497 e. The maximum Gasteiger partial charge on any atom is 0.269 e. The van der Waals surface area contributed by atoms with E-state index >= 15 is 0 Å². The van der Waals surface area contributed by atoms with Gasteiger partial charge < -0.3 is 10.5 Å². The molecule has 0 aromatic heterocycles. The predicted octanol–water partition coefficient (Wildman–Crippen LogP) is 3.20. The number of hydrogen-bond acceptors (Lipinski definition) is 6. The van der Waals surface area contributed by atoms with Crippen molar-refractivity contribution in [2.45, 2.75) is 11.3 Å². The molecule has 1 aliphatic rings. The highest BCUT2D eigenvalue weighted by molar-refractivity contribution is 7.85. The number of methoxy groups -OCH3 is 1. The Kier molecular flexibility index (Phi) is 7.02. The van der Waals surface area contributed by atoms with E-state index in [0.717, 1.165) is 5.56 Å². The summed E-state index contributed by atoms with van der Waals surface area (Å²) in [6, 6.07) is 21.4. The Morgan fingerprint density at radius 3 is 2.26 bits per heavy atom. The van der Waals surface area contributed by atoms with Gasteiger partial charge in [-0.15, -0.1) is 12.4 Å². The number of carbonyl (C=O) groups excluding carboxylic acids is 1. The zero-order chi connectivity index (χ0) is 23.8. The van der Waals surface area contributed by atoms with Gasteiger partial charge in [0.05, 0.1) is 7.11 Å². The molecule has 34 heavy (non-hydrogen) atoms. The van der Waals surface area contributed by atoms with Gasteiger partial charge in [-0.3, -0.25) is 14.2 Å². The summed E-state index contributed by atoms with van der Waals surface area (Å²) in [6.45, 7) is 0. The van der Waals surface area contributed by atoms with Crippen LogP contribution in [-0.2, 0) is 26.2 Å². The van der Waals surface area contributed by atoms with Gasteiger partial charge in [0.25, 0.3) is 16.0 Å². The quantitative estimate of drug-likeness (QED) is 0.500. The number of amides is 1. The third kappa shape index (κ3) is 4.63. The lowest BCUT2D eigenvalue weighted by atomic mass is 9.81. The molecule has 3 aromatic rings. The number of hydrogen-bond donors (Lipinski definition) is 2. The molecule has 0 radical (unpaired) electrons. The molecule has 0 spiro atoms. The summed E-state index contributed by atoms with van der Waals surface area (Å²) in [5.74, 6) is -0.269. The maximum atomic E-state index is 13.4. The summed E-state index contributed by atoms with van der Waals surface area (Å²) in [7, 11) is -1.17. The number of halogens is 1. The zero-order valence-corrected chi connectivity index (χ0v) is 20.1. The van der Waals surface area contributed by atoms with E-state index in [-0.39, 0.29) is 24.3 Å². The lowest BCUT2D eigenvalue weighted by Gasteiger charge is -2.26. The van der Waals surface area contributed by atoms with Crippen molar-refractivity contribution in [2.24, 2.45) is 10.7 Å². The van der Waals surface area contributed by atoms with Gasteiger partial charge in [-0.05, 0) is 52.1 Å². The van der Waals surface area contributed by atoms with Crippen LogP contribution in [-0.4, -0.2) is 43.9 Å². The molecule has 10 heteroatoms. The first-order valence-corrected chi connectivity index (χ1v) is 11.7. The molecule has 0 bridgehead atoms. The van der Waals surface area contributed by atoms with Crippen molar-refractivity contribution < 1.29 is 22.5 Å². The van der Waals surface area contributed by atoms with Gasteiger partial charge in [-0.1, -0.05) is 48.5 Å². The van der Waals surface area contributed by atoms with E-state index in [1.807, 2.05) is 48.5 Å². The first kappa shape index (κ1) is 25.2. The molecule has 0 saturated heterocycles. The van der Waals surface area contributed by atoms with Gasteiger partial charge >= 0.3 is 0 Å². The number of nitrogens with two attached hydrogens (primary N) is 1. The molecule has 3 aromatic carbocycles. The van der Waals surface area contributed by atoms with Crippen LogP contribution in [0.3, 0.4) is 0 Å². The van der Waals surface area contributed by atoms with Gasteiger partial charge in [-0.2, -0.15) is 8.42 Å². The number of guanidine groups is 1. The van der Waals surface area contributed by atoms with Crippen molar-refractivity contribution in [1.82, 2.24) is 4.90 Å². The van der Waals surface area contributed by atoms with Gasteiger partial charge in [0, 0.05) is 7.05 Å². The first-order chi connectivity index (χ1) is 15.6. The molecule has 1 aliphatic heterocycles. The maximum absolute atomic E-state index is 13.4. The van der Waals surface area contributed by atoms with E-state index < -0.39 is 21.4 Å². The molecule has 178 valence electrons. The molecule has 3 N–H and O–H groups in total. The number of carbonyl (C=O) groups is 1. The highest BCUT2D eigenvalue weighted by Gasteiger charge is 2.49. The smallest absolute Gasteiger partial charge is 0.269 e. The molecule has 1 amide bonds. The third-order valence-corrected chi connectivity index (χ3v) is 6.29. The standard InChI is InChI=1S/C24H23N3O5S.ClH/c1-27-22(28)24(26-23(27)25,19-8-4-3-5-9-19)20-10-6-7-17(13-20)18-11-16(15-33(29,30)31)12-21(14-18)32-2;/h3-14H,15H2,1-2H3,(H2,25,26)(H,29,30,31);1H/t24-;/m1./s1. The minimum Gasteiger partial charge on any atom is -0.497 e. The molecule has 0 fully saturated rings. The molecule has 0 saturated carbocycles. The van der Waals surface area contributed by atoms with Crippen molar-refractivity contribution in [3.05, 3.63) is 89.5 Å². The monoisotopic (exact) mass is 501 g/mol. The molecule has 0 unspecified atom stereocenters. The molecule has 1 atom stereocenters. The van der Waals surface area contributed by atoms with E-state index in [2.05, 4.69) is 4.99 Å². The molecule has 4 rings (SSSR count). The van der Waals surface area contributed by atoms with Gasteiger partial charge in [0.2, 0.25) is 0 Å². The highest BCUT2D eigenvalue weighted by Crippen LogP contribution is 2.40. The Bertz CT molecular complexity index is 1360. The van der Waals surface area contributed by atoms with Crippen LogP contribution in [0.15, 0.2) is 77.8 Å².